The number of phenolic OH excluding ortho intramolecular Hbond substituents is 1. The number of benzene rings is 1. The molecule has 2 atom stereocenters. The molecule has 4 nitrogen and oxygen atoms in total. The summed E-state index contributed by atoms with van der Waals surface area (Å²) in [6, 6.07) is 4.46. The lowest BCUT2D eigenvalue weighted by Gasteiger charge is -2.36. The second-order valence-corrected chi connectivity index (χ2v) is 6.14. The zero-order chi connectivity index (χ0) is 14.0. The van der Waals surface area contributed by atoms with E-state index in [0.717, 1.165) is 36.0 Å². The van der Waals surface area contributed by atoms with Gasteiger partial charge in [0, 0.05) is 35.2 Å². The van der Waals surface area contributed by atoms with Gasteiger partial charge in [-0.05, 0) is 31.9 Å². The predicted molar refractivity (Wildman–Crippen MR) is 79.4 cm³/mol. The summed E-state index contributed by atoms with van der Waals surface area (Å²) >= 11 is 3.45. The summed E-state index contributed by atoms with van der Waals surface area (Å²) in [5.74, 6) is 0.735. The first-order chi connectivity index (χ1) is 9.01. The van der Waals surface area contributed by atoms with Crippen molar-refractivity contribution in [1.82, 2.24) is 4.90 Å². The monoisotopic (exact) mass is 328 g/mol. The van der Waals surface area contributed by atoms with Crippen molar-refractivity contribution in [3.8, 4) is 11.5 Å². The van der Waals surface area contributed by atoms with Crippen LogP contribution in [0.2, 0.25) is 0 Å². The van der Waals surface area contributed by atoms with Gasteiger partial charge in [-0.1, -0.05) is 15.9 Å². The number of likely N-dealkylation sites (tertiary alicyclic amines) is 1. The number of nitrogens with two attached hydrogens (primary N) is 1. The molecular weight excluding hydrogens is 308 g/mol. The van der Waals surface area contributed by atoms with Crippen LogP contribution in [0.4, 0.5) is 0 Å². The van der Waals surface area contributed by atoms with Gasteiger partial charge in [0.25, 0.3) is 0 Å². The second-order valence-electron chi connectivity index (χ2n) is 5.22. The molecule has 0 bridgehead atoms. The summed E-state index contributed by atoms with van der Waals surface area (Å²) < 4.78 is 6.10. The van der Waals surface area contributed by atoms with Crippen LogP contribution in [-0.2, 0) is 6.54 Å². The first-order valence-electron chi connectivity index (χ1n) is 6.56. The molecule has 0 unspecified atom stereocenters. The van der Waals surface area contributed by atoms with Gasteiger partial charge >= 0.3 is 0 Å². The number of piperidine rings is 1. The maximum absolute atomic E-state index is 10.2. The Balaban J connectivity index is 2.17. The van der Waals surface area contributed by atoms with Crippen LogP contribution in [0.15, 0.2) is 16.6 Å². The molecule has 106 valence electrons. The Morgan fingerprint density at radius 2 is 2.26 bits per heavy atom. The number of nitrogens with zero attached hydrogens (tertiary/aromatic N) is 1. The number of hydrogen-bond acceptors (Lipinski definition) is 4. The molecule has 2 rings (SSSR count). The Morgan fingerprint density at radius 1 is 1.53 bits per heavy atom. The molecule has 0 saturated carbocycles. The van der Waals surface area contributed by atoms with Crippen molar-refractivity contribution in [3.63, 3.8) is 0 Å². The molecule has 0 radical (unpaired) electrons. The molecule has 0 spiro atoms. The molecule has 1 heterocycles. The third-order valence-corrected chi connectivity index (χ3v) is 4.22. The van der Waals surface area contributed by atoms with E-state index >= 15 is 0 Å². The average Bonchev–Trinajstić information content (AvgIpc) is 2.36. The van der Waals surface area contributed by atoms with E-state index in [4.69, 9.17) is 10.5 Å². The van der Waals surface area contributed by atoms with Crippen molar-refractivity contribution < 1.29 is 9.84 Å². The van der Waals surface area contributed by atoms with E-state index in [1.165, 1.54) is 0 Å². The lowest BCUT2D eigenvalue weighted by Crippen LogP contribution is -2.44. The van der Waals surface area contributed by atoms with Gasteiger partial charge in [-0.3, -0.25) is 4.90 Å². The van der Waals surface area contributed by atoms with Gasteiger partial charge < -0.3 is 15.6 Å². The van der Waals surface area contributed by atoms with Gasteiger partial charge in [-0.25, -0.2) is 0 Å². The Kier molecular flexibility index (Phi) is 4.71. The minimum Gasteiger partial charge on any atom is -0.504 e. The number of methoxy groups -OCH3 is 1. The second kappa shape index (κ2) is 6.11. The quantitative estimate of drug-likeness (QED) is 0.894. The summed E-state index contributed by atoms with van der Waals surface area (Å²) in [6.45, 7) is 3.87. The number of ether oxygens (including phenoxy) is 1. The number of hydrogen-bond donors (Lipinski definition) is 2. The number of rotatable bonds is 3. The van der Waals surface area contributed by atoms with Gasteiger partial charge in [-0.15, -0.1) is 0 Å². The number of aromatic hydroxyl groups is 1. The molecule has 1 aromatic carbocycles. The van der Waals surface area contributed by atoms with Crippen LogP contribution in [0.1, 0.15) is 25.3 Å². The summed E-state index contributed by atoms with van der Waals surface area (Å²) in [5, 5.41) is 10.2. The predicted octanol–water partition coefficient (Wildman–Crippen LogP) is 2.47. The SMILES string of the molecule is COc1cc(Br)cc(CN2CC[C@@H](N)C[C@H]2C)c1O. The van der Waals surface area contributed by atoms with Crippen LogP contribution >= 0.6 is 15.9 Å². The minimum absolute atomic E-state index is 0.229. The Hall–Kier alpha value is -0.780. The fourth-order valence-corrected chi connectivity index (χ4v) is 3.10. The first-order valence-corrected chi connectivity index (χ1v) is 7.35. The van der Waals surface area contributed by atoms with E-state index in [2.05, 4.69) is 27.8 Å². The molecule has 5 heteroatoms. The molecule has 1 aliphatic rings. The highest BCUT2D eigenvalue weighted by Crippen LogP contribution is 2.35. The Bertz CT molecular complexity index is 453. The highest BCUT2D eigenvalue weighted by atomic mass is 79.9. The molecule has 0 aliphatic carbocycles. The molecule has 1 aromatic rings. The Labute approximate surface area is 122 Å². The molecule has 1 aliphatic heterocycles. The smallest absolute Gasteiger partial charge is 0.162 e. The average molecular weight is 329 g/mol. The van der Waals surface area contributed by atoms with Crippen LogP contribution in [-0.4, -0.2) is 35.7 Å². The van der Waals surface area contributed by atoms with E-state index in [0.29, 0.717) is 17.8 Å². The van der Waals surface area contributed by atoms with E-state index < -0.39 is 0 Å². The molecular formula is C14H21BrN2O2. The fourth-order valence-electron chi connectivity index (χ4n) is 2.62. The van der Waals surface area contributed by atoms with Gasteiger partial charge in [0.05, 0.1) is 7.11 Å². The first kappa shape index (κ1) is 14.6. The highest BCUT2D eigenvalue weighted by molar-refractivity contribution is 9.10. The molecule has 1 saturated heterocycles. The summed E-state index contributed by atoms with van der Waals surface area (Å²) in [7, 11) is 1.56. The third-order valence-electron chi connectivity index (χ3n) is 3.77. The fraction of sp³-hybridized carbons (Fsp3) is 0.571. The van der Waals surface area contributed by atoms with Crippen LogP contribution in [0.25, 0.3) is 0 Å². The van der Waals surface area contributed by atoms with E-state index in [1.807, 2.05) is 6.07 Å². The van der Waals surface area contributed by atoms with Crippen molar-refractivity contribution in [2.45, 2.75) is 38.4 Å². The lowest BCUT2D eigenvalue weighted by atomic mass is 9.98. The van der Waals surface area contributed by atoms with Crippen LogP contribution in [0.3, 0.4) is 0 Å². The van der Waals surface area contributed by atoms with Crippen molar-refractivity contribution in [3.05, 3.63) is 22.2 Å². The maximum Gasteiger partial charge on any atom is 0.162 e. The number of phenols is 1. The molecule has 1 fully saturated rings. The standard InChI is InChI=1S/C14H21BrN2O2/c1-9-5-12(16)3-4-17(9)8-10-6-11(15)7-13(19-2)14(10)18/h6-7,9,12,18H,3-5,8,16H2,1-2H3/t9-,12-/m1/s1. The molecule has 3 N–H and O–H groups in total. The van der Waals surface area contributed by atoms with Crippen molar-refractivity contribution in [1.29, 1.82) is 0 Å². The van der Waals surface area contributed by atoms with Crippen molar-refractivity contribution in [2.24, 2.45) is 5.73 Å². The highest BCUT2D eigenvalue weighted by Gasteiger charge is 2.24. The van der Waals surface area contributed by atoms with Gasteiger partial charge in [0.15, 0.2) is 11.5 Å². The number of halogens is 1. The third kappa shape index (κ3) is 3.41. The molecule has 0 aromatic heterocycles. The van der Waals surface area contributed by atoms with Crippen LogP contribution in [0, 0.1) is 0 Å². The van der Waals surface area contributed by atoms with Crippen LogP contribution < -0.4 is 10.5 Å². The molecule has 19 heavy (non-hydrogen) atoms. The summed E-state index contributed by atoms with van der Waals surface area (Å²) in [6.07, 6.45) is 2.02. The topological polar surface area (TPSA) is 58.7 Å². The lowest BCUT2D eigenvalue weighted by molar-refractivity contribution is 0.138. The van der Waals surface area contributed by atoms with Crippen LogP contribution in [0.5, 0.6) is 11.5 Å². The molecule has 0 amide bonds. The van der Waals surface area contributed by atoms with E-state index in [1.54, 1.807) is 13.2 Å². The van der Waals surface area contributed by atoms with E-state index in [-0.39, 0.29) is 5.75 Å². The van der Waals surface area contributed by atoms with Gasteiger partial charge in [-0.2, -0.15) is 0 Å². The van der Waals surface area contributed by atoms with Crippen molar-refractivity contribution in [2.75, 3.05) is 13.7 Å². The largest absolute Gasteiger partial charge is 0.504 e. The zero-order valence-corrected chi connectivity index (χ0v) is 13.0. The zero-order valence-electron chi connectivity index (χ0n) is 11.4. The van der Waals surface area contributed by atoms with Gasteiger partial charge in [0.2, 0.25) is 0 Å². The van der Waals surface area contributed by atoms with Crippen molar-refractivity contribution >= 4 is 15.9 Å². The minimum atomic E-state index is 0.229. The summed E-state index contributed by atoms with van der Waals surface area (Å²) in [4.78, 5) is 2.35. The summed E-state index contributed by atoms with van der Waals surface area (Å²) in [5.41, 5.74) is 6.86. The van der Waals surface area contributed by atoms with Gasteiger partial charge in [0.1, 0.15) is 0 Å². The van der Waals surface area contributed by atoms with E-state index in [9.17, 15) is 5.11 Å². The maximum atomic E-state index is 10.2. The normalized spacial score (nSPS) is 24.4. The Morgan fingerprint density at radius 3 is 2.89 bits per heavy atom.